The molecular formula is C14H15N3O4S. The molecule has 0 spiro atoms. The van der Waals surface area contributed by atoms with Crippen LogP contribution in [0.25, 0.3) is 0 Å². The molecule has 2 amide bonds. The number of aromatic hydroxyl groups is 1. The maximum absolute atomic E-state index is 11.9. The number of amides is 2. The molecule has 2 rings (SSSR count). The summed E-state index contributed by atoms with van der Waals surface area (Å²) in [6.45, 7) is -0.281. The van der Waals surface area contributed by atoms with Crippen LogP contribution in [0.4, 0.5) is 10.5 Å². The van der Waals surface area contributed by atoms with Gasteiger partial charge in [-0.3, -0.25) is 0 Å². The van der Waals surface area contributed by atoms with Crippen LogP contribution in [0.15, 0.2) is 59.5 Å². The lowest BCUT2D eigenvalue weighted by molar-refractivity contribution is 0.252. The van der Waals surface area contributed by atoms with Crippen LogP contribution < -0.4 is 15.4 Å². The number of hydrogen-bond donors (Lipinski definition) is 4. The molecule has 0 aromatic heterocycles. The first-order valence-electron chi connectivity index (χ1n) is 6.36. The lowest BCUT2D eigenvalue weighted by Gasteiger charge is -2.10. The Morgan fingerprint density at radius 3 is 2.32 bits per heavy atom. The average Bonchev–Trinajstić information content (AvgIpc) is 2.50. The minimum atomic E-state index is -3.68. The predicted octanol–water partition coefficient (Wildman–Crippen LogP) is 1.45. The van der Waals surface area contributed by atoms with Crippen molar-refractivity contribution in [3.05, 3.63) is 54.6 Å². The number of para-hydroxylation sites is 2. The summed E-state index contributed by atoms with van der Waals surface area (Å²) in [7, 11) is -3.68. The van der Waals surface area contributed by atoms with Crippen LogP contribution in [0, 0.1) is 0 Å². The Bertz CT molecular complexity index is 748. The highest BCUT2D eigenvalue weighted by Gasteiger charge is 2.13. The van der Waals surface area contributed by atoms with Gasteiger partial charge in [-0.25, -0.2) is 13.2 Å². The molecule has 0 aliphatic rings. The van der Waals surface area contributed by atoms with Gasteiger partial charge in [0.2, 0.25) is 10.0 Å². The van der Waals surface area contributed by atoms with Crippen LogP contribution >= 0.6 is 0 Å². The Morgan fingerprint density at radius 2 is 1.64 bits per heavy atom. The van der Waals surface area contributed by atoms with Crippen LogP contribution in [0.2, 0.25) is 0 Å². The summed E-state index contributed by atoms with van der Waals surface area (Å²) >= 11 is 0. The fourth-order valence-electron chi connectivity index (χ4n) is 1.64. The standard InChI is InChI=1S/C14H15N3O4S/c18-13-9-5-4-8-12(13)17-14(19)15-10-16-22(20,21)11-6-2-1-3-7-11/h1-9,16,18H,10H2,(H2,15,17,19). The molecule has 22 heavy (non-hydrogen) atoms. The summed E-state index contributed by atoms with van der Waals surface area (Å²) in [5, 5.41) is 14.2. The molecule has 0 bridgehead atoms. The van der Waals surface area contributed by atoms with E-state index in [0.29, 0.717) is 0 Å². The lowest BCUT2D eigenvalue weighted by atomic mass is 10.3. The maximum Gasteiger partial charge on any atom is 0.320 e. The molecule has 2 aromatic rings. The number of phenolic OH excluding ortho intramolecular Hbond substituents is 1. The number of carbonyl (C=O) groups excluding carboxylic acids is 1. The monoisotopic (exact) mass is 321 g/mol. The molecule has 8 heteroatoms. The van der Waals surface area contributed by atoms with Gasteiger partial charge in [0.15, 0.2) is 0 Å². The van der Waals surface area contributed by atoms with Crippen molar-refractivity contribution in [3.8, 4) is 5.75 Å². The van der Waals surface area contributed by atoms with Crippen molar-refractivity contribution >= 4 is 21.7 Å². The minimum absolute atomic E-state index is 0.0810. The van der Waals surface area contributed by atoms with E-state index in [-0.39, 0.29) is 23.0 Å². The third kappa shape index (κ3) is 4.21. The molecule has 0 aliphatic heterocycles. The molecule has 4 N–H and O–H groups in total. The highest BCUT2D eigenvalue weighted by atomic mass is 32.2. The highest BCUT2D eigenvalue weighted by molar-refractivity contribution is 7.89. The number of carbonyl (C=O) groups is 1. The first kappa shape index (κ1) is 15.8. The van der Waals surface area contributed by atoms with Crippen molar-refractivity contribution in [3.63, 3.8) is 0 Å². The van der Waals surface area contributed by atoms with Crippen molar-refractivity contribution in [2.75, 3.05) is 12.0 Å². The lowest BCUT2D eigenvalue weighted by Crippen LogP contribution is -2.39. The maximum atomic E-state index is 11.9. The SMILES string of the molecule is O=C(NCNS(=O)(=O)c1ccccc1)Nc1ccccc1O. The Kier molecular flexibility index (Phi) is 4.97. The van der Waals surface area contributed by atoms with E-state index in [1.807, 2.05) is 0 Å². The van der Waals surface area contributed by atoms with E-state index in [1.165, 1.54) is 24.3 Å². The molecule has 7 nitrogen and oxygen atoms in total. The van der Waals surface area contributed by atoms with E-state index in [2.05, 4.69) is 15.4 Å². The van der Waals surface area contributed by atoms with Crippen LogP contribution in [0.5, 0.6) is 5.75 Å². The van der Waals surface area contributed by atoms with E-state index in [0.717, 1.165) is 0 Å². The molecule has 0 saturated heterocycles. The zero-order chi connectivity index (χ0) is 16.0. The summed E-state index contributed by atoms with van der Waals surface area (Å²) in [6, 6.07) is 13.4. The third-order valence-electron chi connectivity index (χ3n) is 2.72. The average molecular weight is 321 g/mol. The Hall–Kier alpha value is -2.58. The third-order valence-corrected chi connectivity index (χ3v) is 4.13. The second kappa shape index (κ2) is 6.92. The zero-order valence-corrected chi connectivity index (χ0v) is 12.3. The number of sulfonamides is 1. The van der Waals surface area contributed by atoms with E-state index >= 15 is 0 Å². The smallest absolute Gasteiger partial charge is 0.320 e. The number of urea groups is 1. The quantitative estimate of drug-likeness (QED) is 0.494. The first-order valence-corrected chi connectivity index (χ1v) is 7.85. The van der Waals surface area contributed by atoms with Gasteiger partial charge in [0, 0.05) is 0 Å². The fourth-order valence-corrected chi connectivity index (χ4v) is 2.58. The van der Waals surface area contributed by atoms with Crippen molar-refractivity contribution in [1.82, 2.24) is 10.0 Å². The van der Waals surface area contributed by atoms with Crippen LogP contribution in [-0.4, -0.2) is 26.2 Å². The molecule has 0 aliphatic carbocycles. The predicted molar refractivity (Wildman–Crippen MR) is 81.9 cm³/mol. The Morgan fingerprint density at radius 1 is 1.00 bits per heavy atom. The van der Waals surface area contributed by atoms with Gasteiger partial charge in [0.05, 0.1) is 17.3 Å². The van der Waals surface area contributed by atoms with Crippen LogP contribution in [-0.2, 0) is 10.0 Å². The van der Waals surface area contributed by atoms with E-state index in [1.54, 1.807) is 30.3 Å². The Balaban J connectivity index is 1.86. The number of nitrogens with one attached hydrogen (secondary N) is 3. The summed E-state index contributed by atoms with van der Waals surface area (Å²) < 4.78 is 26.1. The Labute approximate surface area is 128 Å². The fraction of sp³-hybridized carbons (Fsp3) is 0.0714. The van der Waals surface area contributed by atoms with Crippen molar-refractivity contribution in [2.24, 2.45) is 0 Å². The highest BCUT2D eigenvalue weighted by Crippen LogP contribution is 2.20. The number of rotatable bonds is 5. The number of hydrogen-bond acceptors (Lipinski definition) is 4. The molecule has 0 unspecified atom stereocenters. The number of phenols is 1. The second-order valence-electron chi connectivity index (χ2n) is 4.29. The zero-order valence-electron chi connectivity index (χ0n) is 11.5. The second-order valence-corrected chi connectivity index (χ2v) is 6.05. The van der Waals surface area contributed by atoms with Crippen LogP contribution in [0.1, 0.15) is 0 Å². The van der Waals surface area contributed by atoms with Gasteiger partial charge < -0.3 is 15.7 Å². The van der Waals surface area contributed by atoms with Crippen molar-refractivity contribution in [2.45, 2.75) is 4.90 Å². The first-order chi connectivity index (χ1) is 10.5. The summed E-state index contributed by atoms with van der Waals surface area (Å²) in [4.78, 5) is 11.7. The van der Waals surface area contributed by atoms with Gasteiger partial charge in [0.25, 0.3) is 0 Å². The van der Waals surface area contributed by atoms with E-state index in [4.69, 9.17) is 0 Å². The largest absolute Gasteiger partial charge is 0.506 e. The molecule has 2 aromatic carbocycles. The molecule has 116 valence electrons. The van der Waals surface area contributed by atoms with Gasteiger partial charge in [-0.15, -0.1) is 0 Å². The number of anilines is 1. The van der Waals surface area contributed by atoms with Gasteiger partial charge in [-0.2, -0.15) is 4.72 Å². The number of benzene rings is 2. The molecule has 0 fully saturated rings. The molecule has 0 heterocycles. The molecule has 0 radical (unpaired) electrons. The molecule has 0 atom stereocenters. The van der Waals surface area contributed by atoms with E-state index in [9.17, 15) is 18.3 Å². The van der Waals surface area contributed by atoms with Gasteiger partial charge >= 0.3 is 6.03 Å². The molecule has 0 saturated carbocycles. The van der Waals surface area contributed by atoms with Gasteiger partial charge in [0.1, 0.15) is 5.75 Å². The van der Waals surface area contributed by atoms with Crippen molar-refractivity contribution < 1.29 is 18.3 Å². The van der Waals surface area contributed by atoms with Gasteiger partial charge in [-0.05, 0) is 24.3 Å². The minimum Gasteiger partial charge on any atom is -0.506 e. The topological polar surface area (TPSA) is 108 Å². The van der Waals surface area contributed by atoms with Crippen LogP contribution in [0.3, 0.4) is 0 Å². The molecular weight excluding hydrogens is 306 g/mol. The summed E-state index contributed by atoms with van der Waals surface area (Å²) in [5.74, 6) is -0.0810. The summed E-state index contributed by atoms with van der Waals surface area (Å²) in [6.07, 6.45) is 0. The summed E-state index contributed by atoms with van der Waals surface area (Å²) in [5.41, 5.74) is 0.228. The van der Waals surface area contributed by atoms with E-state index < -0.39 is 16.1 Å². The van der Waals surface area contributed by atoms with Gasteiger partial charge in [-0.1, -0.05) is 30.3 Å². The normalized spacial score (nSPS) is 10.9. The van der Waals surface area contributed by atoms with Crippen molar-refractivity contribution in [1.29, 1.82) is 0 Å².